The smallest absolute Gasteiger partial charge is 0.0555 e. The molecule has 0 aromatic carbocycles. The van der Waals surface area contributed by atoms with Crippen LogP contribution in [0.25, 0.3) is 0 Å². The van der Waals surface area contributed by atoms with Crippen molar-refractivity contribution in [3.05, 3.63) is 0 Å². The van der Waals surface area contributed by atoms with Crippen molar-refractivity contribution in [2.75, 3.05) is 19.7 Å². The van der Waals surface area contributed by atoms with E-state index in [4.69, 9.17) is 5.11 Å². The van der Waals surface area contributed by atoms with Crippen LogP contribution in [0.1, 0.15) is 39.0 Å². The molecule has 0 saturated heterocycles. The third kappa shape index (κ3) is 4.10. The van der Waals surface area contributed by atoms with Crippen LogP contribution in [0.15, 0.2) is 0 Å². The molecule has 0 aromatic rings. The SMILES string of the molecule is CC1CCC1CCCCNCCO. The highest BCUT2D eigenvalue weighted by atomic mass is 16.3. The predicted molar refractivity (Wildman–Crippen MR) is 55.7 cm³/mol. The molecule has 1 rings (SSSR count). The van der Waals surface area contributed by atoms with E-state index in [1.165, 1.54) is 32.1 Å². The molecule has 0 radical (unpaired) electrons. The molecule has 1 aliphatic rings. The first-order valence-corrected chi connectivity index (χ1v) is 5.66. The van der Waals surface area contributed by atoms with E-state index < -0.39 is 0 Å². The van der Waals surface area contributed by atoms with Crippen molar-refractivity contribution in [3.63, 3.8) is 0 Å². The van der Waals surface area contributed by atoms with Crippen LogP contribution >= 0.6 is 0 Å². The van der Waals surface area contributed by atoms with E-state index in [9.17, 15) is 0 Å². The number of hydrogen-bond acceptors (Lipinski definition) is 2. The number of unbranched alkanes of at least 4 members (excludes halogenated alkanes) is 1. The minimum Gasteiger partial charge on any atom is -0.395 e. The Hall–Kier alpha value is -0.0800. The first-order chi connectivity index (χ1) is 6.34. The molecule has 0 heterocycles. The van der Waals surface area contributed by atoms with Crippen LogP contribution in [0.2, 0.25) is 0 Å². The van der Waals surface area contributed by atoms with Crippen molar-refractivity contribution < 1.29 is 5.11 Å². The lowest BCUT2D eigenvalue weighted by atomic mass is 9.72. The fraction of sp³-hybridized carbons (Fsp3) is 1.00. The number of nitrogens with one attached hydrogen (secondary N) is 1. The van der Waals surface area contributed by atoms with Crippen LogP contribution in [0.4, 0.5) is 0 Å². The van der Waals surface area contributed by atoms with Crippen LogP contribution in [0.5, 0.6) is 0 Å². The first kappa shape index (κ1) is 11.0. The monoisotopic (exact) mass is 185 g/mol. The van der Waals surface area contributed by atoms with Crippen molar-refractivity contribution in [2.24, 2.45) is 11.8 Å². The highest BCUT2D eigenvalue weighted by Crippen LogP contribution is 2.36. The molecule has 0 aliphatic heterocycles. The van der Waals surface area contributed by atoms with Gasteiger partial charge in [0, 0.05) is 6.54 Å². The fourth-order valence-electron chi connectivity index (χ4n) is 2.03. The zero-order valence-electron chi connectivity index (χ0n) is 8.76. The lowest BCUT2D eigenvalue weighted by Gasteiger charge is -2.33. The van der Waals surface area contributed by atoms with Crippen LogP contribution in [-0.4, -0.2) is 24.8 Å². The summed E-state index contributed by atoms with van der Waals surface area (Å²) in [5, 5.41) is 11.7. The van der Waals surface area contributed by atoms with Crippen molar-refractivity contribution in [2.45, 2.75) is 39.0 Å². The van der Waals surface area contributed by atoms with E-state index in [-0.39, 0.29) is 6.61 Å². The molecule has 13 heavy (non-hydrogen) atoms. The summed E-state index contributed by atoms with van der Waals surface area (Å²) in [5.74, 6) is 2.02. The second-order valence-electron chi connectivity index (χ2n) is 4.28. The van der Waals surface area contributed by atoms with Crippen LogP contribution in [0.3, 0.4) is 0 Å². The zero-order chi connectivity index (χ0) is 9.52. The Bertz CT molecular complexity index is 127. The Morgan fingerprint density at radius 1 is 1.23 bits per heavy atom. The Morgan fingerprint density at radius 3 is 2.62 bits per heavy atom. The summed E-state index contributed by atoms with van der Waals surface area (Å²) in [6, 6.07) is 0. The van der Waals surface area contributed by atoms with Gasteiger partial charge >= 0.3 is 0 Å². The maximum Gasteiger partial charge on any atom is 0.0555 e. The van der Waals surface area contributed by atoms with Crippen molar-refractivity contribution in [1.82, 2.24) is 5.32 Å². The first-order valence-electron chi connectivity index (χ1n) is 5.66. The van der Waals surface area contributed by atoms with Gasteiger partial charge in [-0.15, -0.1) is 0 Å². The van der Waals surface area contributed by atoms with Gasteiger partial charge in [0.1, 0.15) is 0 Å². The number of aliphatic hydroxyl groups is 1. The number of hydrogen-bond donors (Lipinski definition) is 2. The molecule has 0 aromatic heterocycles. The zero-order valence-corrected chi connectivity index (χ0v) is 8.76. The van der Waals surface area contributed by atoms with Gasteiger partial charge in [0.2, 0.25) is 0 Å². The molecule has 78 valence electrons. The van der Waals surface area contributed by atoms with Gasteiger partial charge in [0.25, 0.3) is 0 Å². The quantitative estimate of drug-likeness (QED) is 0.593. The van der Waals surface area contributed by atoms with Gasteiger partial charge in [-0.05, 0) is 31.2 Å². The second-order valence-corrected chi connectivity index (χ2v) is 4.28. The minimum atomic E-state index is 0.264. The Balaban J connectivity index is 1.79. The fourth-order valence-corrected chi connectivity index (χ4v) is 2.03. The van der Waals surface area contributed by atoms with E-state index >= 15 is 0 Å². The van der Waals surface area contributed by atoms with Crippen molar-refractivity contribution in [1.29, 1.82) is 0 Å². The Labute approximate surface area is 81.7 Å². The Morgan fingerprint density at radius 2 is 2.08 bits per heavy atom. The van der Waals surface area contributed by atoms with E-state index in [0.29, 0.717) is 0 Å². The molecule has 2 atom stereocenters. The van der Waals surface area contributed by atoms with Gasteiger partial charge in [-0.25, -0.2) is 0 Å². The molecule has 1 aliphatic carbocycles. The number of rotatable bonds is 7. The number of aliphatic hydroxyl groups excluding tert-OH is 1. The largest absolute Gasteiger partial charge is 0.395 e. The summed E-state index contributed by atoms with van der Waals surface area (Å²) in [5.41, 5.74) is 0. The highest BCUT2D eigenvalue weighted by Gasteiger charge is 2.25. The highest BCUT2D eigenvalue weighted by molar-refractivity contribution is 4.76. The van der Waals surface area contributed by atoms with Gasteiger partial charge in [-0.3, -0.25) is 0 Å². The molecule has 0 spiro atoms. The molecule has 1 saturated carbocycles. The van der Waals surface area contributed by atoms with Gasteiger partial charge in [0.05, 0.1) is 6.61 Å². The van der Waals surface area contributed by atoms with Crippen LogP contribution in [-0.2, 0) is 0 Å². The average molecular weight is 185 g/mol. The van der Waals surface area contributed by atoms with E-state index in [0.717, 1.165) is 24.9 Å². The standard InChI is InChI=1S/C11H23NO/c1-10-5-6-11(10)4-2-3-7-12-8-9-13/h10-13H,2-9H2,1H3. The van der Waals surface area contributed by atoms with E-state index in [2.05, 4.69) is 12.2 Å². The van der Waals surface area contributed by atoms with Gasteiger partial charge in [-0.1, -0.05) is 26.2 Å². The molecular weight excluding hydrogens is 162 g/mol. The lowest BCUT2D eigenvalue weighted by molar-refractivity contribution is 0.179. The average Bonchev–Trinajstić information content (AvgIpc) is 2.14. The van der Waals surface area contributed by atoms with E-state index in [1.54, 1.807) is 0 Å². The summed E-state index contributed by atoms with van der Waals surface area (Å²) < 4.78 is 0. The molecule has 2 nitrogen and oxygen atoms in total. The molecule has 0 amide bonds. The van der Waals surface area contributed by atoms with Gasteiger partial charge < -0.3 is 10.4 Å². The Kier molecular flexibility index (Phi) is 5.40. The third-order valence-electron chi connectivity index (χ3n) is 3.26. The van der Waals surface area contributed by atoms with Gasteiger partial charge in [-0.2, -0.15) is 0 Å². The summed E-state index contributed by atoms with van der Waals surface area (Å²) in [6.45, 7) is 4.46. The molecule has 2 unspecified atom stereocenters. The maximum atomic E-state index is 8.53. The second kappa shape index (κ2) is 6.39. The predicted octanol–water partition coefficient (Wildman–Crippen LogP) is 1.78. The topological polar surface area (TPSA) is 32.3 Å². The lowest BCUT2D eigenvalue weighted by Crippen LogP contribution is -2.23. The normalized spacial score (nSPS) is 27.2. The molecule has 2 N–H and O–H groups in total. The van der Waals surface area contributed by atoms with Crippen LogP contribution < -0.4 is 5.32 Å². The third-order valence-corrected chi connectivity index (χ3v) is 3.26. The molecule has 2 heteroatoms. The van der Waals surface area contributed by atoms with E-state index in [1.807, 2.05) is 0 Å². The summed E-state index contributed by atoms with van der Waals surface area (Å²) >= 11 is 0. The summed E-state index contributed by atoms with van der Waals surface area (Å²) in [7, 11) is 0. The minimum absolute atomic E-state index is 0.264. The van der Waals surface area contributed by atoms with Gasteiger partial charge in [0.15, 0.2) is 0 Å². The summed E-state index contributed by atoms with van der Waals surface area (Å²) in [6.07, 6.45) is 6.96. The summed E-state index contributed by atoms with van der Waals surface area (Å²) in [4.78, 5) is 0. The molecule has 0 bridgehead atoms. The van der Waals surface area contributed by atoms with Crippen molar-refractivity contribution in [3.8, 4) is 0 Å². The van der Waals surface area contributed by atoms with Crippen molar-refractivity contribution >= 4 is 0 Å². The maximum absolute atomic E-state index is 8.53. The van der Waals surface area contributed by atoms with Crippen LogP contribution in [0, 0.1) is 11.8 Å². The molecular formula is C11H23NO. The molecule has 1 fully saturated rings.